The van der Waals surface area contributed by atoms with Gasteiger partial charge in [-0.2, -0.15) is 0 Å². The standard InChI is InChI=1S/C12H18BrN3O2S/c1-16-6-2-3-9(8-16)15-12-5-4-10(7-11(12)13)19(14,17)18/h4-5,7,9,15H,2-3,6,8H2,1H3,(H2,14,17,18). The second kappa shape index (κ2) is 5.78. The second-order valence-corrected chi connectivity index (χ2v) is 7.35. The number of halogens is 1. The molecular weight excluding hydrogens is 330 g/mol. The molecule has 0 radical (unpaired) electrons. The van der Waals surface area contributed by atoms with Gasteiger partial charge in [0.25, 0.3) is 0 Å². The fourth-order valence-electron chi connectivity index (χ4n) is 2.29. The van der Waals surface area contributed by atoms with Gasteiger partial charge in [-0.25, -0.2) is 13.6 Å². The summed E-state index contributed by atoms with van der Waals surface area (Å²) in [7, 11) is -1.55. The molecular formula is C12H18BrN3O2S. The Morgan fingerprint density at radius 2 is 2.21 bits per heavy atom. The Balaban J connectivity index is 2.13. The highest BCUT2D eigenvalue weighted by Gasteiger charge is 2.18. The number of anilines is 1. The van der Waals surface area contributed by atoms with Gasteiger partial charge in [0, 0.05) is 22.7 Å². The first-order valence-corrected chi connectivity index (χ1v) is 8.47. The van der Waals surface area contributed by atoms with Gasteiger partial charge in [0.15, 0.2) is 0 Å². The molecule has 1 aliphatic rings. The molecule has 0 aliphatic carbocycles. The summed E-state index contributed by atoms with van der Waals surface area (Å²) in [6.45, 7) is 2.12. The van der Waals surface area contributed by atoms with Crippen molar-refractivity contribution in [1.82, 2.24) is 4.90 Å². The smallest absolute Gasteiger partial charge is 0.238 e. The highest BCUT2D eigenvalue weighted by atomic mass is 79.9. The van der Waals surface area contributed by atoms with Crippen molar-refractivity contribution in [3.8, 4) is 0 Å². The quantitative estimate of drug-likeness (QED) is 0.870. The van der Waals surface area contributed by atoms with Crippen molar-refractivity contribution in [3.05, 3.63) is 22.7 Å². The lowest BCUT2D eigenvalue weighted by molar-refractivity contribution is 0.261. The monoisotopic (exact) mass is 347 g/mol. The molecule has 19 heavy (non-hydrogen) atoms. The van der Waals surface area contributed by atoms with Crippen molar-refractivity contribution in [2.75, 3.05) is 25.5 Å². The number of rotatable bonds is 3. The molecule has 0 amide bonds. The fraction of sp³-hybridized carbons (Fsp3) is 0.500. The molecule has 0 spiro atoms. The van der Waals surface area contributed by atoms with Crippen LogP contribution in [-0.4, -0.2) is 39.5 Å². The van der Waals surface area contributed by atoms with Gasteiger partial charge in [-0.05, 0) is 60.6 Å². The van der Waals surface area contributed by atoms with E-state index in [9.17, 15) is 8.42 Å². The lowest BCUT2D eigenvalue weighted by atomic mass is 10.1. The maximum atomic E-state index is 11.3. The average molecular weight is 348 g/mol. The number of sulfonamides is 1. The molecule has 1 atom stereocenters. The fourth-order valence-corrected chi connectivity index (χ4v) is 3.48. The van der Waals surface area contributed by atoms with Crippen LogP contribution in [0.3, 0.4) is 0 Å². The Hall–Kier alpha value is -0.630. The minimum Gasteiger partial charge on any atom is -0.380 e. The zero-order chi connectivity index (χ0) is 14.0. The molecule has 7 heteroatoms. The molecule has 0 bridgehead atoms. The van der Waals surface area contributed by atoms with Crippen molar-refractivity contribution in [2.45, 2.75) is 23.8 Å². The third-order valence-corrected chi connectivity index (χ3v) is 4.82. The molecule has 5 nitrogen and oxygen atoms in total. The lowest BCUT2D eigenvalue weighted by Crippen LogP contribution is -2.39. The normalized spacial score (nSPS) is 21.3. The van der Waals surface area contributed by atoms with Gasteiger partial charge in [0.05, 0.1) is 4.90 Å². The van der Waals surface area contributed by atoms with E-state index < -0.39 is 10.0 Å². The van der Waals surface area contributed by atoms with Crippen molar-refractivity contribution >= 4 is 31.6 Å². The first kappa shape index (κ1) is 14.8. The van der Waals surface area contributed by atoms with Crippen molar-refractivity contribution < 1.29 is 8.42 Å². The summed E-state index contributed by atoms with van der Waals surface area (Å²) in [5, 5.41) is 8.54. The van der Waals surface area contributed by atoms with Gasteiger partial charge in [-0.3, -0.25) is 0 Å². The topological polar surface area (TPSA) is 75.4 Å². The number of likely N-dealkylation sites (tertiary alicyclic amines) is 1. The van der Waals surface area contributed by atoms with E-state index in [1.807, 2.05) is 0 Å². The largest absolute Gasteiger partial charge is 0.380 e. The van der Waals surface area contributed by atoms with Crippen LogP contribution >= 0.6 is 15.9 Å². The third-order valence-electron chi connectivity index (χ3n) is 3.25. The summed E-state index contributed by atoms with van der Waals surface area (Å²) >= 11 is 3.39. The molecule has 1 heterocycles. The van der Waals surface area contributed by atoms with Crippen LogP contribution in [0.2, 0.25) is 0 Å². The number of hydrogen-bond donors (Lipinski definition) is 2. The van der Waals surface area contributed by atoms with E-state index in [2.05, 4.69) is 33.2 Å². The van der Waals surface area contributed by atoms with Gasteiger partial charge in [0.1, 0.15) is 0 Å². The van der Waals surface area contributed by atoms with Gasteiger partial charge in [-0.1, -0.05) is 0 Å². The second-order valence-electron chi connectivity index (χ2n) is 4.93. The highest BCUT2D eigenvalue weighted by Crippen LogP contribution is 2.27. The SMILES string of the molecule is CN1CCCC(Nc2ccc(S(N)(=O)=O)cc2Br)C1. The molecule has 0 saturated carbocycles. The first-order valence-electron chi connectivity index (χ1n) is 6.14. The third kappa shape index (κ3) is 3.92. The molecule has 2 rings (SSSR count). The lowest BCUT2D eigenvalue weighted by Gasteiger charge is -2.31. The van der Waals surface area contributed by atoms with Crippen molar-refractivity contribution in [2.24, 2.45) is 5.14 Å². The Labute approximate surface area is 122 Å². The van der Waals surface area contributed by atoms with Gasteiger partial charge < -0.3 is 10.2 Å². The molecule has 106 valence electrons. The summed E-state index contributed by atoms with van der Waals surface area (Å²) in [5.74, 6) is 0. The van der Waals surface area contributed by atoms with E-state index in [0.717, 1.165) is 25.2 Å². The predicted octanol–water partition coefficient (Wildman–Crippen LogP) is 1.60. The number of nitrogens with one attached hydrogen (secondary N) is 1. The van der Waals surface area contributed by atoms with Gasteiger partial charge in [0.2, 0.25) is 10.0 Å². The Bertz CT molecular complexity index is 562. The van der Waals surface area contributed by atoms with E-state index in [1.165, 1.54) is 18.6 Å². The molecule has 1 unspecified atom stereocenters. The summed E-state index contributed by atoms with van der Waals surface area (Å²) in [6, 6.07) is 5.19. The minimum atomic E-state index is -3.65. The average Bonchev–Trinajstić information content (AvgIpc) is 2.30. The van der Waals surface area contributed by atoms with Crippen LogP contribution in [0.15, 0.2) is 27.6 Å². The maximum absolute atomic E-state index is 11.3. The first-order chi connectivity index (χ1) is 8.86. The number of hydrogen-bond acceptors (Lipinski definition) is 4. The van der Waals surface area contributed by atoms with Crippen LogP contribution in [0, 0.1) is 0 Å². The van der Waals surface area contributed by atoms with Crippen LogP contribution in [0.4, 0.5) is 5.69 Å². The summed E-state index contributed by atoms with van der Waals surface area (Å²) < 4.78 is 23.2. The zero-order valence-corrected chi connectivity index (χ0v) is 13.2. The zero-order valence-electron chi connectivity index (χ0n) is 10.8. The van der Waals surface area contributed by atoms with E-state index in [4.69, 9.17) is 5.14 Å². The number of nitrogens with two attached hydrogens (primary N) is 1. The summed E-state index contributed by atoms with van der Waals surface area (Å²) in [6.07, 6.45) is 2.29. The van der Waals surface area contributed by atoms with Crippen LogP contribution in [0.25, 0.3) is 0 Å². The van der Waals surface area contributed by atoms with E-state index >= 15 is 0 Å². The molecule has 0 aromatic heterocycles. The highest BCUT2D eigenvalue weighted by molar-refractivity contribution is 9.10. The minimum absolute atomic E-state index is 0.116. The van der Waals surface area contributed by atoms with Crippen LogP contribution in [-0.2, 0) is 10.0 Å². The molecule has 1 aromatic carbocycles. The van der Waals surface area contributed by atoms with Gasteiger partial charge in [-0.15, -0.1) is 0 Å². The van der Waals surface area contributed by atoms with Crippen LogP contribution in [0.1, 0.15) is 12.8 Å². The van der Waals surface area contributed by atoms with E-state index in [1.54, 1.807) is 6.07 Å². The molecule has 3 N–H and O–H groups in total. The number of primary sulfonamides is 1. The Morgan fingerprint density at radius 1 is 1.47 bits per heavy atom. The number of nitrogens with zero attached hydrogens (tertiary/aromatic N) is 1. The molecule has 1 fully saturated rings. The molecule has 1 aromatic rings. The molecule has 1 saturated heterocycles. The Kier molecular flexibility index (Phi) is 4.50. The van der Waals surface area contributed by atoms with Crippen molar-refractivity contribution in [1.29, 1.82) is 0 Å². The number of benzene rings is 1. The number of piperidine rings is 1. The van der Waals surface area contributed by atoms with E-state index in [0.29, 0.717) is 10.5 Å². The Morgan fingerprint density at radius 3 is 2.79 bits per heavy atom. The van der Waals surface area contributed by atoms with Crippen molar-refractivity contribution in [3.63, 3.8) is 0 Å². The predicted molar refractivity (Wildman–Crippen MR) is 79.7 cm³/mol. The number of likely N-dealkylation sites (N-methyl/N-ethyl adjacent to an activating group) is 1. The van der Waals surface area contributed by atoms with E-state index in [-0.39, 0.29) is 4.90 Å². The van der Waals surface area contributed by atoms with Crippen LogP contribution < -0.4 is 10.5 Å². The summed E-state index contributed by atoms with van der Waals surface area (Å²) in [4.78, 5) is 2.40. The molecule has 1 aliphatic heterocycles. The van der Waals surface area contributed by atoms with Crippen LogP contribution in [0.5, 0.6) is 0 Å². The summed E-state index contributed by atoms with van der Waals surface area (Å²) in [5.41, 5.74) is 0.896. The van der Waals surface area contributed by atoms with Gasteiger partial charge >= 0.3 is 0 Å². The maximum Gasteiger partial charge on any atom is 0.238 e.